The summed E-state index contributed by atoms with van der Waals surface area (Å²) < 4.78 is 0. The second kappa shape index (κ2) is 21.7. The van der Waals surface area contributed by atoms with Gasteiger partial charge in [0.1, 0.15) is 0 Å². The molecule has 0 atom stereocenters. The second-order valence-electron chi connectivity index (χ2n) is 9.79. The molecule has 1 rings (SSSR count). The van der Waals surface area contributed by atoms with Crippen LogP contribution < -0.4 is 0 Å². The molecule has 0 amide bonds. The summed E-state index contributed by atoms with van der Waals surface area (Å²) in [5.74, 6) is 0. The van der Waals surface area contributed by atoms with Gasteiger partial charge in [-0.05, 0) is 33.0 Å². The fourth-order valence-corrected chi connectivity index (χ4v) is 4.76. The number of nitrogens with zero attached hydrogens (tertiary/aromatic N) is 1. The molecule has 0 unspecified atom stereocenters. The van der Waals surface area contributed by atoms with Gasteiger partial charge in [0.15, 0.2) is 0 Å². The average Bonchev–Trinajstić information content (AvgIpc) is 2.70. The van der Waals surface area contributed by atoms with E-state index in [-0.39, 0.29) is 0 Å². The van der Waals surface area contributed by atoms with Crippen molar-refractivity contribution in [2.75, 3.05) is 20.1 Å². The average molecular weight is 394 g/mol. The van der Waals surface area contributed by atoms with Gasteiger partial charge in [-0.25, -0.2) is 0 Å². The Morgan fingerprint density at radius 1 is 0.250 bits per heavy atom. The summed E-state index contributed by atoms with van der Waals surface area (Å²) in [6.07, 6.45) is 35.5. The Hall–Kier alpha value is -0.0400. The summed E-state index contributed by atoms with van der Waals surface area (Å²) in [6, 6.07) is 0. The molecule has 1 fully saturated rings. The topological polar surface area (TPSA) is 3.24 Å². The van der Waals surface area contributed by atoms with Gasteiger partial charge in [-0.1, -0.05) is 141 Å². The molecule has 0 aromatic heterocycles. The molecule has 0 radical (unpaired) electrons. The number of hydrogen-bond donors (Lipinski definition) is 0. The van der Waals surface area contributed by atoms with Gasteiger partial charge < -0.3 is 4.90 Å². The SMILES string of the molecule is CN1CCCCCCCCCCCCCCCCCCCCCCCCCC1. The Kier molecular flexibility index (Phi) is 20.1. The zero-order valence-electron chi connectivity index (χ0n) is 19.8. The van der Waals surface area contributed by atoms with E-state index in [0.717, 1.165) is 0 Å². The third-order valence-corrected chi connectivity index (χ3v) is 6.83. The van der Waals surface area contributed by atoms with E-state index in [1.54, 1.807) is 0 Å². The van der Waals surface area contributed by atoms with Crippen molar-refractivity contribution >= 4 is 0 Å². The van der Waals surface area contributed by atoms with Gasteiger partial charge in [0, 0.05) is 0 Å². The molecule has 0 spiro atoms. The maximum atomic E-state index is 2.58. The monoisotopic (exact) mass is 393 g/mol. The van der Waals surface area contributed by atoms with Gasteiger partial charge in [-0.2, -0.15) is 0 Å². The second-order valence-corrected chi connectivity index (χ2v) is 9.79. The lowest BCUT2D eigenvalue weighted by Crippen LogP contribution is -2.20. The van der Waals surface area contributed by atoms with Gasteiger partial charge >= 0.3 is 0 Å². The molecular weight excluding hydrogens is 338 g/mol. The van der Waals surface area contributed by atoms with E-state index in [2.05, 4.69) is 11.9 Å². The molecule has 1 heterocycles. The van der Waals surface area contributed by atoms with Crippen molar-refractivity contribution in [3.63, 3.8) is 0 Å². The summed E-state index contributed by atoms with van der Waals surface area (Å²) in [7, 11) is 2.33. The first-order valence-electron chi connectivity index (χ1n) is 13.6. The first kappa shape index (κ1) is 26.0. The zero-order valence-corrected chi connectivity index (χ0v) is 19.8. The van der Waals surface area contributed by atoms with Crippen LogP contribution in [0.1, 0.15) is 154 Å². The summed E-state index contributed by atoms with van der Waals surface area (Å²) in [6.45, 7) is 2.64. The Morgan fingerprint density at radius 2 is 0.393 bits per heavy atom. The highest BCUT2D eigenvalue weighted by Gasteiger charge is 2.00. The van der Waals surface area contributed by atoms with E-state index in [9.17, 15) is 0 Å². The summed E-state index contributed by atoms with van der Waals surface area (Å²) in [4.78, 5) is 2.58. The maximum absolute atomic E-state index is 2.58. The van der Waals surface area contributed by atoms with E-state index in [4.69, 9.17) is 0 Å². The molecule has 168 valence electrons. The molecule has 28 heavy (non-hydrogen) atoms. The van der Waals surface area contributed by atoms with E-state index >= 15 is 0 Å². The minimum Gasteiger partial charge on any atom is -0.306 e. The van der Waals surface area contributed by atoms with Crippen molar-refractivity contribution in [3.8, 4) is 0 Å². The lowest BCUT2D eigenvalue weighted by Gasteiger charge is -2.16. The maximum Gasteiger partial charge on any atom is -0.00218 e. The van der Waals surface area contributed by atoms with Crippen LogP contribution in [0.3, 0.4) is 0 Å². The molecule has 0 bridgehead atoms. The van der Waals surface area contributed by atoms with Crippen molar-refractivity contribution < 1.29 is 0 Å². The highest BCUT2D eigenvalue weighted by molar-refractivity contribution is 4.55. The van der Waals surface area contributed by atoms with Gasteiger partial charge in [-0.15, -0.1) is 0 Å². The van der Waals surface area contributed by atoms with Crippen molar-refractivity contribution in [3.05, 3.63) is 0 Å². The summed E-state index contributed by atoms with van der Waals surface area (Å²) >= 11 is 0. The van der Waals surface area contributed by atoms with Crippen LogP contribution in [0.15, 0.2) is 0 Å². The van der Waals surface area contributed by atoms with Crippen LogP contribution in [0.2, 0.25) is 0 Å². The molecule has 0 aliphatic carbocycles. The minimum absolute atomic E-state index is 1.32. The molecule has 1 heteroatoms. The van der Waals surface area contributed by atoms with Gasteiger partial charge in [0.25, 0.3) is 0 Å². The molecule has 1 nitrogen and oxygen atoms in total. The molecule has 1 aliphatic heterocycles. The van der Waals surface area contributed by atoms with E-state index in [1.807, 2.05) is 0 Å². The lowest BCUT2D eigenvalue weighted by atomic mass is 10.0. The number of hydrogen-bond acceptors (Lipinski definition) is 1. The molecule has 1 saturated heterocycles. The molecule has 0 aromatic carbocycles. The minimum atomic E-state index is 1.32. The molecule has 0 N–H and O–H groups in total. The standard InChI is InChI=1S/C27H55N/c1-28-26-24-22-20-18-16-14-12-10-8-6-4-2-3-5-7-9-11-13-15-17-19-21-23-25-27-28/h2-27H2,1H3. The van der Waals surface area contributed by atoms with Crippen LogP contribution in [-0.4, -0.2) is 25.0 Å². The highest BCUT2D eigenvalue weighted by atomic mass is 15.1. The zero-order chi connectivity index (χ0) is 20.0. The predicted octanol–water partition coefficient (Wildman–Crippen LogP) is 9.29. The molecule has 0 aromatic rings. The predicted molar refractivity (Wildman–Crippen MR) is 128 cm³/mol. The van der Waals surface area contributed by atoms with Crippen LogP contribution in [-0.2, 0) is 0 Å². The van der Waals surface area contributed by atoms with Gasteiger partial charge in [0.2, 0.25) is 0 Å². The van der Waals surface area contributed by atoms with E-state index in [0.29, 0.717) is 0 Å². The van der Waals surface area contributed by atoms with Crippen LogP contribution in [0.4, 0.5) is 0 Å². The Bertz CT molecular complexity index is 260. The normalized spacial score (nSPS) is 24.3. The van der Waals surface area contributed by atoms with Crippen LogP contribution in [0.5, 0.6) is 0 Å². The van der Waals surface area contributed by atoms with Crippen LogP contribution in [0, 0.1) is 0 Å². The van der Waals surface area contributed by atoms with Crippen LogP contribution in [0.25, 0.3) is 0 Å². The van der Waals surface area contributed by atoms with Crippen molar-refractivity contribution in [1.29, 1.82) is 0 Å². The third kappa shape index (κ3) is 19.3. The van der Waals surface area contributed by atoms with Crippen LogP contribution >= 0.6 is 0 Å². The Balaban J connectivity index is 2.06. The summed E-state index contributed by atoms with van der Waals surface area (Å²) in [5.41, 5.74) is 0. The Labute approximate surface area is 179 Å². The fraction of sp³-hybridized carbons (Fsp3) is 1.00. The quantitative estimate of drug-likeness (QED) is 0.396. The van der Waals surface area contributed by atoms with Crippen molar-refractivity contribution in [2.24, 2.45) is 0 Å². The molecular formula is C27H55N. The first-order chi connectivity index (χ1) is 13.9. The van der Waals surface area contributed by atoms with Crippen molar-refractivity contribution in [1.82, 2.24) is 4.90 Å². The Morgan fingerprint density at radius 3 is 0.571 bits per heavy atom. The van der Waals surface area contributed by atoms with E-state index in [1.165, 1.54) is 167 Å². The smallest absolute Gasteiger partial charge is 0.00218 e. The fourth-order valence-electron chi connectivity index (χ4n) is 4.76. The van der Waals surface area contributed by atoms with Crippen molar-refractivity contribution in [2.45, 2.75) is 154 Å². The molecule has 1 aliphatic rings. The van der Waals surface area contributed by atoms with E-state index < -0.39 is 0 Å². The first-order valence-corrected chi connectivity index (χ1v) is 13.6. The number of rotatable bonds is 0. The lowest BCUT2D eigenvalue weighted by molar-refractivity contribution is 0.314. The van der Waals surface area contributed by atoms with Gasteiger partial charge in [0.05, 0.1) is 0 Å². The largest absolute Gasteiger partial charge is 0.306 e. The third-order valence-electron chi connectivity index (χ3n) is 6.83. The highest BCUT2D eigenvalue weighted by Crippen LogP contribution is 2.16. The molecule has 0 saturated carbocycles. The summed E-state index contributed by atoms with van der Waals surface area (Å²) in [5, 5.41) is 0. The van der Waals surface area contributed by atoms with Gasteiger partial charge in [-0.3, -0.25) is 0 Å².